The maximum atomic E-state index is 4.80. The summed E-state index contributed by atoms with van der Waals surface area (Å²) in [5.41, 5.74) is 1.38. The molecule has 1 aromatic heterocycles. The fraction of sp³-hybridized carbons (Fsp3) is 0.769. The summed E-state index contributed by atoms with van der Waals surface area (Å²) < 4.78 is 0. The Hall–Kier alpha value is -0.410. The molecular weight excluding hydrogens is 216 g/mol. The molecule has 2 nitrogen and oxygen atoms in total. The van der Waals surface area contributed by atoms with E-state index < -0.39 is 0 Å². The first kappa shape index (κ1) is 12.1. The number of aryl methyl sites for hydroxylation is 2. The number of thiazole rings is 1. The lowest BCUT2D eigenvalue weighted by Crippen LogP contribution is -2.23. The Bertz CT molecular complexity index is 333. The molecule has 0 saturated heterocycles. The predicted molar refractivity (Wildman–Crippen MR) is 70.1 cm³/mol. The molecule has 0 aliphatic heterocycles. The minimum atomic E-state index is 0.585. The molecule has 0 amide bonds. The molecule has 1 aliphatic rings. The molecule has 0 spiro atoms. The number of unbranched alkanes of at least 4 members (excludes halogenated alkanes) is 1. The van der Waals surface area contributed by atoms with Gasteiger partial charge in [-0.15, -0.1) is 11.3 Å². The summed E-state index contributed by atoms with van der Waals surface area (Å²) in [6.45, 7) is 5.49. The Morgan fingerprint density at radius 2 is 2.31 bits per heavy atom. The molecule has 0 saturated carbocycles. The number of aromatic nitrogens is 1. The van der Waals surface area contributed by atoms with Gasteiger partial charge in [0.05, 0.1) is 10.7 Å². The van der Waals surface area contributed by atoms with E-state index in [1.807, 2.05) is 11.3 Å². The summed E-state index contributed by atoms with van der Waals surface area (Å²) in [7, 11) is 0. The lowest BCUT2D eigenvalue weighted by atomic mass is 9.98. The van der Waals surface area contributed by atoms with Crippen molar-refractivity contribution < 1.29 is 0 Å². The zero-order chi connectivity index (χ0) is 11.4. The van der Waals surface area contributed by atoms with Gasteiger partial charge < -0.3 is 5.32 Å². The summed E-state index contributed by atoms with van der Waals surface area (Å²) in [6.07, 6.45) is 7.49. The van der Waals surface area contributed by atoms with Gasteiger partial charge in [0, 0.05) is 10.9 Å². The van der Waals surface area contributed by atoms with Crippen LogP contribution in [0.3, 0.4) is 0 Å². The van der Waals surface area contributed by atoms with Gasteiger partial charge in [-0.05, 0) is 38.6 Å². The Labute approximate surface area is 102 Å². The number of hydrogen-bond donors (Lipinski definition) is 1. The van der Waals surface area contributed by atoms with Gasteiger partial charge in [0.15, 0.2) is 0 Å². The van der Waals surface area contributed by atoms with Crippen molar-refractivity contribution in [2.45, 2.75) is 58.4 Å². The second-order valence-electron chi connectivity index (χ2n) is 4.52. The molecule has 0 aromatic carbocycles. The summed E-state index contributed by atoms with van der Waals surface area (Å²) in [5.74, 6) is 0. The van der Waals surface area contributed by atoms with Crippen molar-refractivity contribution in [2.24, 2.45) is 0 Å². The average molecular weight is 238 g/mol. The van der Waals surface area contributed by atoms with Crippen molar-refractivity contribution in [2.75, 3.05) is 6.54 Å². The average Bonchev–Trinajstić information content (AvgIpc) is 2.70. The highest BCUT2D eigenvalue weighted by molar-refractivity contribution is 7.11. The van der Waals surface area contributed by atoms with E-state index in [2.05, 4.69) is 19.2 Å². The number of rotatable bonds is 5. The summed E-state index contributed by atoms with van der Waals surface area (Å²) in [4.78, 5) is 6.33. The normalized spacial score (nSPS) is 19.8. The first-order valence-corrected chi connectivity index (χ1v) is 7.38. The van der Waals surface area contributed by atoms with Crippen LogP contribution in [0.2, 0.25) is 0 Å². The number of fused-ring (bicyclic) bond motifs is 1. The topological polar surface area (TPSA) is 24.9 Å². The molecule has 0 radical (unpaired) electrons. The lowest BCUT2D eigenvalue weighted by Gasteiger charge is -2.21. The SMILES string of the molecule is CCCCc1nc2c(s1)C(NCC)CCC2. The molecule has 2 rings (SSSR count). The highest BCUT2D eigenvalue weighted by Crippen LogP contribution is 2.34. The lowest BCUT2D eigenvalue weighted by molar-refractivity contribution is 0.476. The van der Waals surface area contributed by atoms with Crippen molar-refractivity contribution in [1.82, 2.24) is 10.3 Å². The van der Waals surface area contributed by atoms with Gasteiger partial charge in [0.2, 0.25) is 0 Å². The van der Waals surface area contributed by atoms with Gasteiger partial charge in [-0.2, -0.15) is 0 Å². The van der Waals surface area contributed by atoms with E-state index in [0.717, 1.165) is 6.54 Å². The molecular formula is C13H22N2S. The third-order valence-corrected chi connectivity index (χ3v) is 4.46. The van der Waals surface area contributed by atoms with Gasteiger partial charge in [-0.25, -0.2) is 4.98 Å². The molecule has 1 aromatic rings. The van der Waals surface area contributed by atoms with Crippen LogP contribution in [0.5, 0.6) is 0 Å². The molecule has 1 N–H and O–H groups in total. The maximum Gasteiger partial charge on any atom is 0.0931 e. The molecule has 1 aliphatic carbocycles. The van der Waals surface area contributed by atoms with Crippen molar-refractivity contribution in [3.63, 3.8) is 0 Å². The molecule has 1 unspecified atom stereocenters. The van der Waals surface area contributed by atoms with E-state index in [1.165, 1.54) is 54.1 Å². The molecule has 90 valence electrons. The quantitative estimate of drug-likeness (QED) is 0.849. The highest BCUT2D eigenvalue weighted by atomic mass is 32.1. The first-order chi connectivity index (χ1) is 7.85. The standard InChI is InChI=1S/C13H22N2S/c1-3-5-9-12-15-11-8-6-7-10(14-4-2)13(11)16-12/h10,14H,3-9H2,1-2H3. The van der Waals surface area contributed by atoms with Crippen LogP contribution in [0.15, 0.2) is 0 Å². The van der Waals surface area contributed by atoms with Crippen molar-refractivity contribution in [3.05, 3.63) is 15.6 Å². The summed E-state index contributed by atoms with van der Waals surface area (Å²) >= 11 is 1.95. The van der Waals surface area contributed by atoms with Crippen molar-refractivity contribution >= 4 is 11.3 Å². The first-order valence-electron chi connectivity index (χ1n) is 6.57. The van der Waals surface area contributed by atoms with Gasteiger partial charge in [0.25, 0.3) is 0 Å². The van der Waals surface area contributed by atoms with Gasteiger partial charge in [0.1, 0.15) is 0 Å². The number of nitrogens with zero attached hydrogens (tertiary/aromatic N) is 1. The molecule has 0 bridgehead atoms. The van der Waals surface area contributed by atoms with Crippen LogP contribution in [0.25, 0.3) is 0 Å². The molecule has 1 atom stereocenters. The number of nitrogens with one attached hydrogen (secondary N) is 1. The second kappa shape index (κ2) is 5.78. The zero-order valence-electron chi connectivity index (χ0n) is 10.4. The Morgan fingerprint density at radius 3 is 3.06 bits per heavy atom. The van der Waals surface area contributed by atoms with Crippen LogP contribution in [0, 0.1) is 0 Å². The van der Waals surface area contributed by atoms with Gasteiger partial charge in [-0.1, -0.05) is 20.3 Å². The van der Waals surface area contributed by atoms with Gasteiger partial charge in [-0.3, -0.25) is 0 Å². The number of hydrogen-bond acceptors (Lipinski definition) is 3. The van der Waals surface area contributed by atoms with Crippen LogP contribution >= 0.6 is 11.3 Å². The second-order valence-corrected chi connectivity index (χ2v) is 5.64. The smallest absolute Gasteiger partial charge is 0.0931 e. The Balaban J connectivity index is 2.10. The van der Waals surface area contributed by atoms with Crippen LogP contribution < -0.4 is 5.32 Å². The summed E-state index contributed by atoms with van der Waals surface area (Å²) in [5, 5.41) is 4.94. The highest BCUT2D eigenvalue weighted by Gasteiger charge is 2.23. The minimum Gasteiger partial charge on any atom is -0.309 e. The predicted octanol–water partition coefficient (Wildman–Crippen LogP) is 3.47. The van der Waals surface area contributed by atoms with Crippen LogP contribution in [-0.4, -0.2) is 11.5 Å². The molecule has 0 fully saturated rings. The fourth-order valence-corrected chi connectivity index (χ4v) is 3.61. The minimum absolute atomic E-state index is 0.585. The van der Waals surface area contributed by atoms with E-state index >= 15 is 0 Å². The van der Waals surface area contributed by atoms with Crippen molar-refractivity contribution in [3.8, 4) is 0 Å². The third kappa shape index (κ3) is 2.64. The Morgan fingerprint density at radius 1 is 1.44 bits per heavy atom. The van der Waals surface area contributed by atoms with Crippen LogP contribution in [-0.2, 0) is 12.8 Å². The molecule has 16 heavy (non-hydrogen) atoms. The zero-order valence-corrected chi connectivity index (χ0v) is 11.2. The van der Waals surface area contributed by atoms with Crippen molar-refractivity contribution in [1.29, 1.82) is 0 Å². The third-order valence-electron chi connectivity index (χ3n) is 3.19. The largest absolute Gasteiger partial charge is 0.309 e. The van der Waals surface area contributed by atoms with E-state index in [1.54, 1.807) is 0 Å². The van der Waals surface area contributed by atoms with E-state index in [0.29, 0.717) is 6.04 Å². The van der Waals surface area contributed by atoms with Crippen LogP contribution in [0.1, 0.15) is 61.2 Å². The Kier molecular flexibility index (Phi) is 4.36. The van der Waals surface area contributed by atoms with E-state index in [9.17, 15) is 0 Å². The monoisotopic (exact) mass is 238 g/mol. The maximum absolute atomic E-state index is 4.80. The summed E-state index contributed by atoms with van der Waals surface area (Å²) in [6, 6.07) is 0.585. The van der Waals surface area contributed by atoms with Gasteiger partial charge >= 0.3 is 0 Å². The van der Waals surface area contributed by atoms with E-state index in [-0.39, 0.29) is 0 Å². The fourth-order valence-electron chi connectivity index (χ4n) is 2.35. The van der Waals surface area contributed by atoms with Crippen LogP contribution in [0.4, 0.5) is 0 Å². The van der Waals surface area contributed by atoms with E-state index in [4.69, 9.17) is 4.98 Å². The molecule has 1 heterocycles. The molecule has 3 heteroatoms.